The first kappa shape index (κ1) is 11.7. The van der Waals surface area contributed by atoms with Crippen molar-refractivity contribution in [1.82, 2.24) is 15.5 Å². The van der Waals surface area contributed by atoms with E-state index < -0.39 is 0 Å². The summed E-state index contributed by atoms with van der Waals surface area (Å²) >= 11 is 4.97. The first-order valence-electron chi connectivity index (χ1n) is 5.27. The Kier molecular flexibility index (Phi) is 5.82. The van der Waals surface area contributed by atoms with Gasteiger partial charge in [-0.25, -0.2) is 0 Å². The minimum atomic E-state index is 0.768. The zero-order valence-corrected chi connectivity index (χ0v) is 9.41. The van der Waals surface area contributed by atoms with Crippen molar-refractivity contribution in [2.45, 2.75) is 25.7 Å². The van der Waals surface area contributed by atoms with Gasteiger partial charge in [-0.2, -0.15) is 0 Å². The molecule has 0 aromatic rings. The van der Waals surface area contributed by atoms with Gasteiger partial charge in [-0.05, 0) is 31.6 Å². The second-order valence-corrected chi connectivity index (χ2v) is 4.00. The maximum absolute atomic E-state index is 5.42. The molecule has 0 unspecified atom stereocenters. The highest BCUT2D eigenvalue weighted by Gasteiger charge is 2.10. The van der Waals surface area contributed by atoms with E-state index in [2.05, 4.69) is 15.5 Å². The number of thiocarbonyl (C=S) groups is 1. The van der Waals surface area contributed by atoms with Gasteiger partial charge in [0.2, 0.25) is 0 Å². The van der Waals surface area contributed by atoms with Gasteiger partial charge in [0, 0.05) is 6.54 Å². The van der Waals surface area contributed by atoms with Crippen LogP contribution in [0.2, 0.25) is 0 Å². The fourth-order valence-corrected chi connectivity index (χ4v) is 1.61. The molecular weight excluding hydrogens is 196 g/mol. The van der Waals surface area contributed by atoms with E-state index in [1.54, 1.807) is 0 Å². The molecule has 0 aromatic heterocycles. The van der Waals surface area contributed by atoms with E-state index in [-0.39, 0.29) is 0 Å². The molecule has 0 aromatic carbocycles. The normalized spacial score (nSPS) is 17.6. The van der Waals surface area contributed by atoms with Crippen LogP contribution in [-0.4, -0.2) is 36.4 Å². The topological polar surface area (TPSA) is 53.3 Å². The van der Waals surface area contributed by atoms with Crippen molar-refractivity contribution in [3.8, 4) is 0 Å². The second kappa shape index (κ2) is 6.98. The summed E-state index contributed by atoms with van der Waals surface area (Å²) in [6, 6.07) is 0. The first-order valence-corrected chi connectivity index (χ1v) is 5.68. The Labute approximate surface area is 91.2 Å². The monoisotopic (exact) mass is 216 g/mol. The summed E-state index contributed by atoms with van der Waals surface area (Å²) in [7, 11) is 0. The third-order valence-corrected chi connectivity index (χ3v) is 2.64. The van der Waals surface area contributed by atoms with E-state index in [9.17, 15) is 0 Å². The van der Waals surface area contributed by atoms with Gasteiger partial charge in [-0.3, -0.25) is 4.90 Å². The van der Waals surface area contributed by atoms with Crippen molar-refractivity contribution in [2.75, 3.05) is 26.4 Å². The molecule has 0 bridgehead atoms. The predicted octanol–water partition coefficient (Wildman–Crippen LogP) is 0.200. The van der Waals surface area contributed by atoms with Crippen LogP contribution in [0.3, 0.4) is 0 Å². The number of rotatable bonds is 6. The van der Waals surface area contributed by atoms with Gasteiger partial charge in [-0.15, -0.1) is 0 Å². The number of hydrogen-bond donors (Lipinski definition) is 3. The van der Waals surface area contributed by atoms with E-state index >= 15 is 0 Å². The highest BCUT2D eigenvalue weighted by molar-refractivity contribution is 7.80. The third-order valence-electron chi connectivity index (χ3n) is 2.35. The summed E-state index contributed by atoms with van der Waals surface area (Å²) in [6.07, 6.45) is 4.93. The Morgan fingerprint density at radius 3 is 2.43 bits per heavy atom. The molecule has 1 fully saturated rings. The van der Waals surface area contributed by atoms with Crippen LogP contribution in [0.15, 0.2) is 0 Å². The molecule has 1 aliphatic rings. The Morgan fingerprint density at radius 2 is 1.79 bits per heavy atom. The number of nitrogens with one attached hydrogen (secondary N) is 2. The minimum Gasteiger partial charge on any atom is -0.350 e. The van der Waals surface area contributed by atoms with Gasteiger partial charge in [-0.1, -0.05) is 12.8 Å². The van der Waals surface area contributed by atoms with E-state index in [1.807, 2.05) is 0 Å². The SMILES string of the molecule is NCCCCCCN1CNC(=S)NC1. The van der Waals surface area contributed by atoms with Gasteiger partial charge in [0.25, 0.3) is 0 Å². The van der Waals surface area contributed by atoms with Crippen LogP contribution in [0.4, 0.5) is 0 Å². The van der Waals surface area contributed by atoms with Gasteiger partial charge in [0.1, 0.15) is 0 Å². The van der Waals surface area contributed by atoms with Crippen LogP contribution in [0.25, 0.3) is 0 Å². The smallest absolute Gasteiger partial charge is 0.168 e. The van der Waals surface area contributed by atoms with Crippen molar-refractivity contribution in [3.63, 3.8) is 0 Å². The zero-order valence-electron chi connectivity index (χ0n) is 8.59. The molecule has 82 valence electrons. The molecule has 5 heteroatoms. The van der Waals surface area contributed by atoms with Crippen LogP contribution in [0, 0.1) is 0 Å². The van der Waals surface area contributed by atoms with Gasteiger partial charge >= 0.3 is 0 Å². The largest absolute Gasteiger partial charge is 0.350 e. The molecule has 0 amide bonds. The van der Waals surface area contributed by atoms with Gasteiger partial charge in [0.05, 0.1) is 13.3 Å². The molecule has 0 saturated carbocycles. The maximum Gasteiger partial charge on any atom is 0.168 e. The quantitative estimate of drug-likeness (QED) is 0.437. The molecule has 4 nitrogen and oxygen atoms in total. The Balaban J connectivity index is 1.94. The summed E-state index contributed by atoms with van der Waals surface area (Å²) in [6.45, 7) is 3.71. The van der Waals surface area contributed by atoms with E-state index in [0.717, 1.165) is 38.0 Å². The molecule has 1 rings (SSSR count). The maximum atomic E-state index is 5.42. The summed E-state index contributed by atoms with van der Waals surface area (Å²) in [5, 5.41) is 6.99. The second-order valence-electron chi connectivity index (χ2n) is 3.60. The number of nitrogens with zero attached hydrogens (tertiary/aromatic N) is 1. The fourth-order valence-electron chi connectivity index (χ4n) is 1.48. The standard InChI is InChI=1S/C9H20N4S/c10-5-3-1-2-4-6-13-7-11-9(14)12-8-13/h1-8,10H2,(H2,11,12,14). The first-order chi connectivity index (χ1) is 6.83. The van der Waals surface area contributed by atoms with Gasteiger partial charge < -0.3 is 16.4 Å². The average molecular weight is 216 g/mol. The van der Waals surface area contributed by atoms with Crippen molar-refractivity contribution in [1.29, 1.82) is 0 Å². The molecule has 0 spiro atoms. The minimum absolute atomic E-state index is 0.768. The van der Waals surface area contributed by atoms with Crippen LogP contribution >= 0.6 is 12.2 Å². The van der Waals surface area contributed by atoms with Crippen LogP contribution in [-0.2, 0) is 0 Å². The molecule has 1 aliphatic heterocycles. The third kappa shape index (κ3) is 4.74. The average Bonchev–Trinajstić information content (AvgIpc) is 2.21. The Hall–Kier alpha value is -0.390. The fraction of sp³-hybridized carbons (Fsp3) is 0.889. The molecule has 0 radical (unpaired) electrons. The van der Waals surface area contributed by atoms with Crippen LogP contribution in [0.1, 0.15) is 25.7 Å². The molecule has 1 saturated heterocycles. The van der Waals surface area contributed by atoms with Crippen LogP contribution in [0.5, 0.6) is 0 Å². The summed E-state index contributed by atoms with van der Waals surface area (Å²) in [5.41, 5.74) is 5.42. The highest BCUT2D eigenvalue weighted by Crippen LogP contribution is 2.01. The lowest BCUT2D eigenvalue weighted by molar-refractivity contribution is 0.239. The molecule has 4 N–H and O–H groups in total. The lowest BCUT2D eigenvalue weighted by Crippen LogP contribution is -2.53. The zero-order chi connectivity index (χ0) is 10.2. The Bertz CT molecular complexity index is 164. The molecule has 14 heavy (non-hydrogen) atoms. The summed E-state index contributed by atoms with van der Waals surface area (Å²) in [4.78, 5) is 2.32. The van der Waals surface area contributed by atoms with E-state index in [1.165, 1.54) is 19.3 Å². The molecule has 0 aliphatic carbocycles. The van der Waals surface area contributed by atoms with Crippen LogP contribution < -0.4 is 16.4 Å². The van der Waals surface area contributed by atoms with E-state index in [4.69, 9.17) is 18.0 Å². The van der Waals surface area contributed by atoms with E-state index in [0.29, 0.717) is 0 Å². The Morgan fingerprint density at radius 1 is 1.14 bits per heavy atom. The van der Waals surface area contributed by atoms with Crippen molar-refractivity contribution < 1.29 is 0 Å². The lowest BCUT2D eigenvalue weighted by atomic mass is 10.2. The van der Waals surface area contributed by atoms with Crippen molar-refractivity contribution >= 4 is 17.3 Å². The molecular formula is C9H20N4S. The van der Waals surface area contributed by atoms with Crippen molar-refractivity contribution in [3.05, 3.63) is 0 Å². The summed E-state index contributed by atoms with van der Waals surface area (Å²) in [5.74, 6) is 0. The molecule has 0 atom stereocenters. The summed E-state index contributed by atoms with van der Waals surface area (Å²) < 4.78 is 0. The molecule has 1 heterocycles. The number of unbranched alkanes of at least 4 members (excludes halogenated alkanes) is 3. The predicted molar refractivity (Wildman–Crippen MR) is 62.8 cm³/mol. The van der Waals surface area contributed by atoms with Crippen molar-refractivity contribution in [2.24, 2.45) is 5.73 Å². The number of hydrogen-bond acceptors (Lipinski definition) is 3. The number of nitrogens with two attached hydrogens (primary N) is 1. The highest BCUT2D eigenvalue weighted by atomic mass is 32.1. The van der Waals surface area contributed by atoms with Gasteiger partial charge in [0.15, 0.2) is 5.11 Å². The lowest BCUT2D eigenvalue weighted by Gasteiger charge is -2.29.